The molecule has 3 N–H and O–H groups in total. The third-order valence-corrected chi connectivity index (χ3v) is 5.84. The van der Waals surface area contributed by atoms with Crippen molar-refractivity contribution in [3.05, 3.63) is 83.7 Å². The first-order chi connectivity index (χ1) is 16.5. The Hall–Kier alpha value is -3.20. The minimum Gasteiger partial charge on any atom is -0.390 e. The fraction of sp³-hybridized carbons (Fsp3) is 0.385. The predicted molar refractivity (Wildman–Crippen MR) is 129 cm³/mol. The van der Waals surface area contributed by atoms with Gasteiger partial charge >= 0.3 is 6.03 Å². The molecular formula is C26H32N4O4. The van der Waals surface area contributed by atoms with Crippen molar-refractivity contribution in [2.24, 2.45) is 0 Å². The van der Waals surface area contributed by atoms with E-state index in [4.69, 9.17) is 9.26 Å². The van der Waals surface area contributed by atoms with Gasteiger partial charge in [0.1, 0.15) is 6.10 Å². The summed E-state index contributed by atoms with van der Waals surface area (Å²) in [5.41, 5.74) is 2.79. The highest BCUT2D eigenvalue weighted by Gasteiger charge is 2.31. The van der Waals surface area contributed by atoms with Gasteiger partial charge in [0.25, 0.3) is 0 Å². The summed E-state index contributed by atoms with van der Waals surface area (Å²) >= 11 is 0. The number of para-hydroxylation sites is 1. The van der Waals surface area contributed by atoms with Crippen molar-refractivity contribution in [2.45, 2.75) is 50.7 Å². The summed E-state index contributed by atoms with van der Waals surface area (Å²) in [5.74, 6) is 0.806. The molecular weight excluding hydrogens is 432 g/mol. The zero-order chi connectivity index (χ0) is 23.8. The minimum atomic E-state index is -0.618. The van der Waals surface area contributed by atoms with E-state index in [-0.39, 0.29) is 18.7 Å². The lowest BCUT2D eigenvalue weighted by Gasteiger charge is -2.33. The van der Waals surface area contributed by atoms with Gasteiger partial charge in [-0.2, -0.15) is 0 Å². The molecule has 1 aromatic heterocycles. The Balaban J connectivity index is 1.23. The van der Waals surface area contributed by atoms with E-state index in [1.165, 1.54) is 5.56 Å². The molecule has 1 aliphatic rings. The van der Waals surface area contributed by atoms with E-state index in [0.29, 0.717) is 25.1 Å². The van der Waals surface area contributed by atoms with Gasteiger partial charge in [-0.1, -0.05) is 53.7 Å². The highest BCUT2D eigenvalue weighted by molar-refractivity contribution is 5.89. The molecule has 2 heterocycles. The molecule has 3 atom stereocenters. The SMILES string of the molecule is CN(Cc1ccccc1)Cc1cc(CC2CCC(O)C(CNC(=O)Nc3ccccc3)O2)no1. The van der Waals surface area contributed by atoms with Gasteiger partial charge in [0, 0.05) is 31.3 Å². The molecule has 34 heavy (non-hydrogen) atoms. The Morgan fingerprint density at radius 1 is 1.09 bits per heavy atom. The lowest BCUT2D eigenvalue weighted by Crippen LogP contribution is -2.47. The maximum atomic E-state index is 12.2. The van der Waals surface area contributed by atoms with E-state index in [0.717, 1.165) is 24.4 Å². The number of aliphatic hydroxyl groups is 1. The van der Waals surface area contributed by atoms with E-state index in [1.54, 1.807) is 0 Å². The van der Waals surface area contributed by atoms with Crippen LogP contribution in [0.15, 0.2) is 71.3 Å². The molecule has 2 aromatic carbocycles. The van der Waals surface area contributed by atoms with Crippen molar-refractivity contribution >= 4 is 11.7 Å². The highest BCUT2D eigenvalue weighted by Crippen LogP contribution is 2.23. The summed E-state index contributed by atoms with van der Waals surface area (Å²) < 4.78 is 11.6. The molecule has 180 valence electrons. The van der Waals surface area contributed by atoms with Crippen LogP contribution in [0.4, 0.5) is 10.5 Å². The van der Waals surface area contributed by atoms with E-state index in [1.807, 2.05) is 61.6 Å². The van der Waals surface area contributed by atoms with Gasteiger partial charge in [-0.25, -0.2) is 4.79 Å². The van der Waals surface area contributed by atoms with Gasteiger partial charge in [0.2, 0.25) is 0 Å². The quantitative estimate of drug-likeness (QED) is 0.448. The average molecular weight is 465 g/mol. The summed E-state index contributed by atoms with van der Waals surface area (Å²) in [4.78, 5) is 14.3. The van der Waals surface area contributed by atoms with E-state index < -0.39 is 12.2 Å². The number of carbonyl (C=O) groups excluding carboxylic acids is 1. The maximum Gasteiger partial charge on any atom is 0.319 e. The summed E-state index contributed by atoms with van der Waals surface area (Å²) in [7, 11) is 2.05. The summed E-state index contributed by atoms with van der Waals surface area (Å²) in [6.45, 7) is 1.72. The Morgan fingerprint density at radius 3 is 2.59 bits per heavy atom. The molecule has 1 fully saturated rings. The topological polar surface area (TPSA) is 99.9 Å². The van der Waals surface area contributed by atoms with Crippen LogP contribution in [0.25, 0.3) is 0 Å². The predicted octanol–water partition coefficient (Wildman–Crippen LogP) is 3.58. The van der Waals surface area contributed by atoms with E-state index in [2.05, 4.69) is 32.8 Å². The van der Waals surface area contributed by atoms with Crippen LogP contribution >= 0.6 is 0 Å². The van der Waals surface area contributed by atoms with Gasteiger partial charge in [0.05, 0.1) is 24.4 Å². The smallest absolute Gasteiger partial charge is 0.319 e. The average Bonchev–Trinajstić information content (AvgIpc) is 3.27. The summed E-state index contributed by atoms with van der Waals surface area (Å²) in [6, 6.07) is 21.2. The molecule has 0 spiro atoms. The van der Waals surface area contributed by atoms with Crippen molar-refractivity contribution < 1.29 is 19.2 Å². The number of hydrogen-bond acceptors (Lipinski definition) is 6. The van der Waals surface area contributed by atoms with E-state index in [9.17, 15) is 9.90 Å². The first-order valence-corrected chi connectivity index (χ1v) is 11.7. The minimum absolute atomic E-state index is 0.0904. The fourth-order valence-electron chi connectivity index (χ4n) is 4.15. The number of nitrogens with one attached hydrogen (secondary N) is 2. The van der Waals surface area contributed by atoms with Gasteiger partial charge < -0.3 is 25.0 Å². The largest absolute Gasteiger partial charge is 0.390 e. The summed E-state index contributed by atoms with van der Waals surface area (Å²) in [5, 5.41) is 20.1. The number of anilines is 1. The molecule has 8 heteroatoms. The van der Waals surface area contributed by atoms with Crippen LogP contribution in [0, 0.1) is 0 Å². The molecule has 2 amide bonds. The molecule has 1 saturated heterocycles. The van der Waals surface area contributed by atoms with Crippen LogP contribution in [-0.4, -0.2) is 53.1 Å². The normalized spacial score (nSPS) is 20.3. The zero-order valence-electron chi connectivity index (χ0n) is 19.4. The van der Waals surface area contributed by atoms with Crippen molar-refractivity contribution in [3.63, 3.8) is 0 Å². The zero-order valence-corrected chi connectivity index (χ0v) is 19.4. The standard InChI is InChI=1S/C26H32N4O4/c1-30(17-19-8-4-2-5-9-19)18-23-15-21(29-34-23)14-22-12-13-24(31)25(33-22)16-27-26(32)28-20-10-6-3-7-11-20/h2-11,15,22,24-25,31H,12-14,16-18H2,1H3,(H2,27,28,32). The molecule has 8 nitrogen and oxygen atoms in total. The molecule has 3 aromatic rings. The molecule has 0 aliphatic carbocycles. The van der Waals surface area contributed by atoms with Gasteiger partial charge in [-0.3, -0.25) is 4.90 Å². The number of rotatable bonds is 9. The van der Waals surface area contributed by atoms with Gasteiger partial charge in [0.15, 0.2) is 5.76 Å². The number of aliphatic hydroxyl groups excluding tert-OH is 1. The third kappa shape index (κ3) is 7.15. The van der Waals surface area contributed by atoms with Crippen LogP contribution in [0.2, 0.25) is 0 Å². The van der Waals surface area contributed by atoms with Crippen molar-refractivity contribution in [1.29, 1.82) is 0 Å². The number of carbonyl (C=O) groups is 1. The second-order valence-electron chi connectivity index (χ2n) is 8.79. The Bertz CT molecular complexity index is 1030. The number of amides is 2. The molecule has 0 saturated carbocycles. The fourth-order valence-corrected chi connectivity index (χ4v) is 4.15. The number of ether oxygens (including phenoxy) is 1. The van der Waals surface area contributed by atoms with E-state index >= 15 is 0 Å². The van der Waals surface area contributed by atoms with Crippen molar-refractivity contribution in [2.75, 3.05) is 18.9 Å². The number of aromatic nitrogens is 1. The molecule has 4 rings (SSSR count). The Kier molecular flexibility index (Phi) is 8.30. The molecule has 0 radical (unpaired) electrons. The van der Waals surface area contributed by atoms with Gasteiger partial charge in [-0.05, 0) is 37.6 Å². The number of hydrogen-bond donors (Lipinski definition) is 3. The second kappa shape index (κ2) is 11.8. The van der Waals surface area contributed by atoms with Crippen LogP contribution in [0.1, 0.15) is 29.9 Å². The second-order valence-corrected chi connectivity index (χ2v) is 8.79. The van der Waals surface area contributed by atoms with Crippen LogP contribution in [0.5, 0.6) is 0 Å². The van der Waals surface area contributed by atoms with Gasteiger partial charge in [-0.15, -0.1) is 0 Å². The van der Waals surface area contributed by atoms with Crippen LogP contribution in [0.3, 0.4) is 0 Å². The number of benzene rings is 2. The lowest BCUT2D eigenvalue weighted by molar-refractivity contribution is -0.113. The van der Waals surface area contributed by atoms with Crippen molar-refractivity contribution in [1.82, 2.24) is 15.4 Å². The molecule has 0 bridgehead atoms. The lowest BCUT2D eigenvalue weighted by atomic mass is 9.98. The third-order valence-electron chi connectivity index (χ3n) is 5.84. The summed E-state index contributed by atoms with van der Waals surface area (Å²) in [6.07, 6.45) is 0.765. The monoisotopic (exact) mass is 464 g/mol. The molecule has 1 aliphatic heterocycles. The van der Waals surface area contributed by atoms with Crippen LogP contribution in [-0.2, 0) is 24.2 Å². The Morgan fingerprint density at radius 2 is 1.82 bits per heavy atom. The number of nitrogens with zero attached hydrogens (tertiary/aromatic N) is 2. The molecule has 3 unspecified atom stereocenters. The Labute approximate surface area is 199 Å². The first kappa shape index (κ1) is 23.9. The maximum absolute atomic E-state index is 12.2. The first-order valence-electron chi connectivity index (χ1n) is 11.7. The highest BCUT2D eigenvalue weighted by atomic mass is 16.5. The number of urea groups is 1. The van der Waals surface area contributed by atoms with Crippen LogP contribution < -0.4 is 10.6 Å². The van der Waals surface area contributed by atoms with Crippen molar-refractivity contribution in [3.8, 4) is 0 Å².